The monoisotopic (exact) mass is 226 g/mol. The minimum atomic E-state index is -0.00903. The molecule has 0 bridgehead atoms. The third kappa shape index (κ3) is 2.00. The van der Waals surface area contributed by atoms with Crippen LogP contribution in [0.15, 0.2) is 6.20 Å². The molecule has 82 valence electrons. The van der Waals surface area contributed by atoms with Gasteiger partial charge in [-0.05, 0) is 13.8 Å². The number of piperazine rings is 1. The van der Waals surface area contributed by atoms with Crippen LogP contribution in [0.4, 0.5) is 0 Å². The van der Waals surface area contributed by atoms with Crippen molar-refractivity contribution in [1.82, 2.24) is 19.0 Å². The second-order valence-corrected chi connectivity index (χ2v) is 4.42. The first kappa shape index (κ1) is 10.5. The first-order valence-electron chi connectivity index (χ1n) is 5.01. The summed E-state index contributed by atoms with van der Waals surface area (Å²) in [6, 6.07) is 0.422. The number of aromatic nitrogens is 2. The zero-order chi connectivity index (χ0) is 10.8. The molecular formula is C9H14N4OS. The van der Waals surface area contributed by atoms with Crippen molar-refractivity contribution >= 4 is 17.6 Å². The predicted molar refractivity (Wildman–Crippen MR) is 57.9 cm³/mol. The minimum absolute atomic E-state index is 0.00903. The van der Waals surface area contributed by atoms with Crippen LogP contribution in [0.5, 0.6) is 0 Å². The molecule has 1 saturated heterocycles. The van der Waals surface area contributed by atoms with Gasteiger partial charge in [0, 0.05) is 25.2 Å². The van der Waals surface area contributed by atoms with Crippen molar-refractivity contribution in [3.8, 4) is 0 Å². The average Bonchev–Trinajstić information content (AvgIpc) is 2.69. The van der Waals surface area contributed by atoms with E-state index in [0.29, 0.717) is 5.69 Å². The highest BCUT2D eigenvalue weighted by Gasteiger charge is 2.30. The average molecular weight is 226 g/mol. The Morgan fingerprint density at radius 2 is 2.20 bits per heavy atom. The van der Waals surface area contributed by atoms with Gasteiger partial charge in [-0.1, -0.05) is 0 Å². The Morgan fingerprint density at radius 1 is 1.53 bits per heavy atom. The molecule has 0 radical (unpaired) electrons. The van der Waals surface area contributed by atoms with Crippen LogP contribution >= 0.6 is 11.7 Å². The molecule has 1 aliphatic heterocycles. The summed E-state index contributed by atoms with van der Waals surface area (Å²) in [7, 11) is 0. The number of hydrogen-bond donors (Lipinski definition) is 1. The number of amides is 1. The van der Waals surface area contributed by atoms with Crippen LogP contribution in [0.3, 0.4) is 0 Å². The smallest absolute Gasteiger partial charge is 0.275 e. The van der Waals surface area contributed by atoms with E-state index in [0.717, 1.165) is 24.8 Å². The van der Waals surface area contributed by atoms with E-state index < -0.39 is 0 Å². The van der Waals surface area contributed by atoms with E-state index in [1.165, 1.54) is 6.20 Å². The van der Waals surface area contributed by atoms with Crippen LogP contribution in [0.25, 0.3) is 0 Å². The zero-order valence-electron chi connectivity index (χ0n) is 8.80. The van der Waals surface area contributed by atoms with Crippen molar-refractivity contribution in [3.63, 3.8) is 0 Å². The summed E-state index contributed by atoms with van der Waals surface area (Å²) < 4.78 is 7.83. The van der Waals surface area contributed by atoms with Gasteiger partial charge < -0.3 is 10.2 Å². The fraction of sp³-hybridized carbons (Fsp3) is 0.667. The molecule has 0 aromatic carbocycles. The zero-order valence-corrected chi connectivity index (χ0v) is 9.62. The third-order valence-corrected chi connectivity index (χ3v) is 3.12. The van der Waals surface area contributed by atoms with Crippen molar-refractivity contribution in [2.45, 2.75) is 25.9 Å². The van der Waals surface area contributed by atoms with Crippen LogP contribution in [-0.2, 0) is 0 Å². The molecular weight excluding hydrogens is 212 g/mol. The van der Waals surface area contributed by atoms with Gasteiger partial charge in [0.2, 0.25) is 0 Å². The van der Waals surface area contributed by atoms with Crippen molar-refractivity contribution in [1.29, 1.82) is 0 Å². The second kappa shape index (κ2) is 4.24. The minimum Gasteiger partial charge on any atom is -0.329 e. The van der Waals surface area contributed by atoms with Gasteiger partial charge in [0.1, 0.15) is 0 Å². The third-order valence-electron chi connectivity index (χ3n) is 2.64. The van der Waals surface area contributed by atoms with Crippen molar-refractivity contribution in [2.24, 2.45) is 0 Å². The van der Waals surface area contributed by atoms with Crippen molar-refractivity contribution in [2.75, 3.05) is 13.1 Å². The lowest BCUT2D eigenvalue weighted by atomic mass is 10.1. The molecule has 1 aliphatic rings. The highest BCUT2D eigenvalue weighted by Crippen LogP contribution is 2.13. The molecule has 6 heteroatoms. The molecule has 2 rings (SSSR count). The van der Waals surface area contributed by atoms with E-state index in [-0.39, 0.29) is 18.0 Å². The largest absolute Gasteiger partial charge is 0.329 e. The Balaban J connectivity index is 2.17. The van der Waals surface area contributed by atoms with Gasteiger partial charge >= 0.3 is 0 Å². The molecule has 2 unspecified atom stereocenters. The Hall–Kier alpha value is -1.01. The molecule has 5 nitrogen and oxygen atoms in total. The summed E-state index contributed by atoms with van der Waals surface area (Å²) in [6.45, 7) is 5.77. The molecule has 1 aromatic heterocycles. The summed E-state index contributed by atoms with van der Waals surface area (Å²) in [5, 5.41) is 3.29. The number of carbonyl (C=O) groups is 1. The summed E-state index contributed by atoms with van der Waals surface area (Å²) in [5.74, 6) is -0.00903. The van der Waals surface area contributed by atoms with E-state index in [9.17, 15) is 4.79 Å². The first-order chi connectivity index (χ1) is 7.20. The lowest BCUT2D eigenvalue weighted by Gasteiger charge is -2.38. The van der Waals surface area contributed by atoms with Crippen LogP contribution in [0, 0.1) is 0 Å². The molecule has 1 N–H and O–H groups in total. The standard InChI is InChI=1S/C9H14N4OS/c1-6-3-10-4-7(2)13(6)9(14)8-5-11-15-12-8/h5-7,10H,3-4H2,1-2H3. The van der Waals surface area contributed by atoms with Crippen LogP contribution in [0.2, 0.25) is 0 Å². The number of rotatable bonds is 1. The molecule has 2 atom stereocenters. The van der Waals surface area contributed by atoms with E-state index in [2.05, 4.69) is 14.1 Å². The Bertz CT molecular complexity index is 330. The maximum Gasteiger partial charge on any atom is 0.275 e. The van der Waals surface area contributed by atoms with Crippen molar-refractivity contribution in [3.05, 3.63) is 11.9 Å². The van der Waals surface area contributed by atoms with E-state index >= 15 is 0 Å². The first-order valence-corrected chi connectivity index (χ1v) is 5.74. The molecule has 0 spiro atoms. The maximum atomic E-state index is 12.1. The lowest BCUT2D eigenvalue weighted by molar-refractivity contribution is 0.0539. The second-order valence-electron chi connectivity index (χ2n) is 3.86. The lowest BCUT2D eigenvalue weighted by Crippen LogP contribution is -2.57. The number of hydrogen-bond acceptors (Lipinski definition) is 5. The highest BCUT2D eigenvalue weighted by molar-refractivity contribution is 6.99. The molecule has 15 heavy (non-hydrogen) atoms. The van der Waals surface area contributed by atoms with Gasteiger partial charge in [-0.3, -0.25) is 4.79 Å². The van der Waals surface area contributed by atoms with Gasteiger partial charge in [-0.2, -0.15) is 8.75 Å². The molecule has 0 saturated carbocycles. The summed E-state index contributed by atoms with van der Waals surface area (Å²) in [6.07, 6.45) is 1.54. The molecule has 1 amide bonds. The fourth-order valence-electron chi connectivity index (χ4n) is 1.92. The fourth-order valence-corrected chi connectivity index (χ4v) is 2.33. The SMILES string of the molecule is CC1CNCC(C)N1C(=O)c1cnsn1. The predicted octanol–water partition coefficient (Wildman–Crippen LogP) is 0.360. The maximum absolute atomic E-state index is 12.1. The Morgan fingerprint density at radius 3 is 2.73 bits per heavy atom. The number of nitrogens with one attached hydrogen (secondary N) is 1. The van der Waals surface area contributed by atoms with Gasteiger partial charge in [-0.15, -0.1) is 0 Å². The van der Waals surface area contributed by atoms with E-state index in [1.54, 1.807) is 0 Å². The Kier molecular flexibility index (Phi) is 2.97. The van der Waals surface area contributed by atoms with Crippen LogP contribution < -0.4 is 5.32 Å². The molecule has 1 fully saturated rings. The topological polar surface area (TPSA) is 58.1 Å². The van der Waals surface area contributed by atoms with Gasteiger partial charge in [0.15, 0.2) is 5.69 Å². The van der Waals surface area contributed by atoms with Crippen LogP contribution in [0.1, 0.15) is 24.3 Å². The molecule has 1 aromatic rings. The number of nitrogens with zero attached hydrogens (tertiary/aromatic N) is 3. The van der Waals surface area contributed by atoms with E-state index in [4.69, 9.17) is 0 Å². The van der Waals surface area contributed by atoms with Gasteiger partial charge in [-0.25, -0.2) is 0 Å². The molecule has 2 heterocycles. The highest BCUT2D eigenvalue weighted by atomic mass is 32.1. The summed E-state index contributed by atoms with van der Waals surface area (Å²) in [5.41, 5.74) is 0.459. The van der Waals surface area contributed by atoms with E-state index in [1.807, 2.05) is 18.7 Å². The molecule has 0 aliphatic carbocycles. The van der Waals surface area contributed by atoms with Gasteiger partial charge in [0.25, 0.3) is 5.91 Å². The normalized spacial score (nSPS) is 26.7. The van der Waals surface area contributed by atoms with Crippen molar-refractivity contribution < 1.29 is 4.79 Å². The number of carbonyl (C=O) groups excluding carboxylic acids is 1. The quantitative estimate of drug-likeness (QED) is 0.751. The van der Waals surface area contributed by atoms with Crippen LogP contribution in [-0.4, -0.2) is 44.7 Å². The Labute approximate surface area is 92.8 Å². The summed E-state index contributed by atoms with van der Waals surface area (Å²) >= 11 is 1.07. The van der Waals surface area contributed by atoms with Gasteiger partial charge in [0.05, 0.1) is 17.9 Å². The summed E-state index contributed by atoms with van der Waals surface area (Å²) in [4.78, 5) is 14.0.